The highest BCUT2D eigenvalue weighted by molar-refractivity contribution is 5.79. The van der Waals surface area contributed by atoms with E-state index in [1.807, 2.05) is 4.90 Å². The van der Waals surface area contributed by atoms with Crippen LogP contribution in [0.4, 0.5) is 0 Å². The lowest BCUT2D eigenvalue weighted by Gasteiger charge is -2.55. The first-order valence-electron chi connectivity index (χ1n) is 9.19. The van der Waals surface area contributed by atoms with E-state index in [9.17, 15) is 9.59 Å². The molecule has 0 aromatic heterocycles. The summed E-state index contributed by atoms with van der Waals surface area (Å²) in [7, 11) is 0. The molecule has 1 aliphatic carbocycles. The standard InChI is InChI=1S/C18H31N3O2/c1-14(22)20-12-16-11-19(9-10-21(16)18(2,3)13-20)17(23)15-7-5-4-6-8-15/h15-16H,4-13H2,1-3H3/t16-/m0/s1. The first kappa shape index (κ1) is 16.7. The number of hydrogen-bond acceptors (Lipinski definition) is 3. The topological polar surface area (TPSA) is 43.9 Å². The predicted molar refractivity (Wildman–Crippen MR) is 90.0 cm³/mol. The second kappa shape index (κ2) is 6.42. The molecule has 0 unspecified atom stereocenters. The predicted octanol–water partition coefficient (Wildman–Crippen LogP) is 1.72. The van der Waals surface area contributed by atoms with Gasteiger partial charge in [0.1, 0.15) is 0 Å². The summed E-state index contributed by atoms with van der Waals surface area (Å²) >= 11 is 0. The molecule has 0 N–H and O–H groups in total. The van der Waals surface area contributed by atoms with Crippen molar-refractivity contribution in [3.05, 3.63) is 0 Å². The second-order valence-electron chi connectivity index (χ2n) is 8.18. The van der Waals surface area contributed by atoms with E-state index in [-0.39, 0.29) is 23.4 Å². The largest absolute Gasteiger partial charge is 0.340 e. The van der Waals surface area contributed by atoms with Crippen LogP contribution in [0.5, 0.6) is 0 Å². The second-order valence-corrected chi connectivity index (χ2v) is 8.18. The third-order valence-electron chi connectivity index (χ3n) is 5.98. The molecule has 2 amide bonds. The summed E-state index contributed by atoms with van der Waals surface area (Å²) in [6, 6.07) is 0.281. The molecular formula is C18H31N3O2. The van der Waals surface area contributed by atoms with Crippen LogP contribution in [-0.4, -0.2) is 70.8 Å². The summed E-state index contributed by atoms with van der Waals surface area (Å²) in [6.07, 6.45) is 5.81. The lowest BCUT2D eigenvalue weighted by molar-refractivity contribution is -0.148. The van der Waals surface area contributed by atoms with Crippen LogP contribution in [0.15, 0.2) is 0 Å². The summed E-state index contributed by atoms with van der Waals surface area (Å²) in [5.41, 5.74) is -0.00539. The Morgan fingerprint density at radius 2 is 1.61 bits per heavy atom. The molecule has 5 heteroatoms. The van der Waals surface area contributed by atoms with Gasteiger partial charge in [0.05, 0.1) is 0 Å². The number of rotatable bonds is 1. The summed E-state index contributed by atoms with van der Waals surface area (Å²) < 4.78 is 0. The minimum Gasteiger partial charge on any atom is -0.340 e. The first-order chi connectivity index (χ1) is 10.9. The van der Waals surface area contributed by atoms with Gasteiger partial charge in [-0.05, 0) is 26.7 Å². The Morgan fingerprint density at radius 1 is 0.957 bits per heavy atom. The van der Waals surface area contributed by atoms with E-state index in [0.29, 0.717) is 5.91 Å². The van der Waals surface area contributed by atoms with Gasteiger partial charge in [0.25, 0.3) is 0 Å². The van der Waals surface area contributed by atoms with Crippen molar-refractivity contribution in [2.75, 3.05) is 32.7 Å². The molecule has 0 aromatic carbocycles. The SMILES string of the molecule is CC(=O)N1C[C@@H]2CN(C(=O)C3CCCCC3)CCN2C(C)(C)C1. The maximum atomic E-state index is 12.8. The molecule has 3 rings (SSSR count). The fourth-order valence-corrected chi connectivity index (χ4v) is 4.73. The average molecular weight is 321 g/mol. The maximum absolute atomic E-state index is 12.8. The Balaban J connectivity index is 1.68. The maximum Gasteiger partial charge on any atom is 0.225 e. The van der Waals surface area contributed by atoms with Crippen LogP contribution in [-0.2, 0) is 9.59 Å². The minimum absolute atomic E-state index is 0.00539. The molecule has 2 saturated heterocycles. The van der Waals surface area contributed by atoms with E-state index in [2.05, 4.69) is 23.6 Å². The van der Waals surface area contributed by atoms with Gasteiger partial charge in [-0.1, -0.05) is 19.3 Å². The molecule has 0 aromatic rings. The molecule has 2 heterocycles. The average Bonchev–Trinajstić information content (AvgIpc) is 2.53. The van der Waals surface area contributed by atoms with E-state index in [0.717, 1.165) is 45.6 Å². The molecule has 5 nitrogen and oxygen atoms in total. The van der Waals surface area contributed by atoms with E-state index >= 15 is 0 Å². The van der Waals surface area contributed by atoms with Crippen molar-refractivity contribution in [1.82, 2.24) is 14.7 Å². The van der Waals surface area contributed by atoms with Crippen LogP contribution in [0.2, 0.25) is 0 Å². The van der Waals surface area contributed by atoms with E-state index in [1.165, 1.54) is 19.3 Å². The molecule has 3 aliphatic rings. The zero-order chi connectivity index (χ0) is 16.6. The van der Waals surface area contributed by atoms with Gasteiger partial charge >= 0.3 is 0 Å². The van der Waals surface area contributed by atoms with E-state index in [1.54, 1.807) is 6.92 Å². The normalized spacial score (nSPS) is 29.3. The van der Waals surface area contributed by atoms with Crippen LogP contribution in [0, 0.1) is 5.92 Å². The highest BCUT2D eigenvalue weighted by Gasteiger charge is 2.44. The zero-order valence-corrected chi connectivity index (χ0v) is 14.9. The van der Waals surface area contributed by atoms with Crippen molar-refractivity contribution in [3.63, 3.8) is 0 Å². The van der Waals surface area contributed by atoms with Crippen molar-refractivity contribution >= 4 is 11.8 Å². The molecule has 0 radical (unpaired) electrons. The van der Waals surface area contributed by atoms with Gasteiger partial charge in [-0.3, -0.25) is 14.5 Å². The number of piperazine rings is 2. The van der Waals surface area contributed by atoms with Gasteiger partial charge in [-0.2, -0.15) is 0 Å². The van der Waals surface area contributed by atoms with Gasteiger partial charge in [0.15, 0.2) is 0 Å². The number of hydrogen-bond donors (Lipinski definition) is 0. The molecule has 1 atom stereocenters. The third kappa shape index (κ3) is 3.39. The number of amides is 2. The van der Waals surface area contributed by atoms with E-state index < -0.39 is 0 Å². The van der Waals surface area contributed by atoms with Crippen molar-refractivity contribution in [2.24, 2.45) is 5.92 Å². The molecule has 23 heavy (non-hydrogen) atoms. The highest BCUT2D eigenvalue weighted by Crippen LogP contribution is 2.30. The van der Waals surface area contributed by atoms with Crippen molar-refractivity contribution in [3.8, 4) is 0 Å². The third-order valence-corrected chi connectivity index (χ3v) is 5.98. The number of carbonyl (C=O) groups excluding carboxylic acids is 2. The number of fused-ring (bicyclic) bond motifs is 1. The van der Waals surface area contributed by atoms with Gasteiger partial charge in [-0.15, -0.1) is 0 Å². The molecule has 2 aliphatic heterocycles. The Morgan fingerprint density at radius 3 is 2.26 bits per heavy atom. The highest BCUT2D eigenvalue weighted by atomic mass is 16.2. The van der Waals surface area contributed by atoms with Gasteiger partial charge < -0.3 is 9.80 Å². The Hall–Kier alpha value is -1.10. The van der Waals surface area contributed by atoms with Crippen molar-refractivity contribution in [2.45, 2.75) is 64.5 Å². The Bertz CT molecular complexity index is 471. The summed E-state index contributed by atoms with van der Waals surface area (Å²) in [4.78, 5) is 31.2. The van der Waals surface area contributed by atoms with Gasteiger partial charge in [-0.25, -0.2) is 0 Å². The molecule has 130 valence electrons. The Labute approximate surface area is 140 Å². The smallest absolute Gasteiger partial charge is 0.225 e. The molecule has 0 spiro atoms. The fraction of sp³-hybridized carbons (Fsp3) is 0.889. The summed E-state index contributed by atoms with van der Waals surface area (Å²) in [5, 5.41) is 0. The number of carbonyl (C=O) groups is 2. The monoisotopic (exact) mass is 321 g/mol. The zero-order valence-electron chi connectivity index (χ0n) is 14.9. The quantitative estimate of drug-likeness (QED) is 0.739. The van der Waals surface area contributed by atoms with Crippen LogP contribution in [0.1, 0.15) is 52.9 Å². The lowest BCUT2D eigenvalue weighted by atomic mass is 9.87. The molecular weight excluding hydrogens is 290 g/mol. The molecule has 0 bridgehead atoms. The van der Waals surface area contributed by atoms with Crippen LogP contribution < -0.4 is 0 Å². The summed E-state index contributed by atoms with van der Waals surface area (Å²) in [5.74, 6) is 0.756. The number of nitrogens with zero attached hydrogens (tertiary/aromatic N) is 3. The molecule has 3 fully saturated rings. The van der Waals surface area contributed by atoms with E-state index in [4.69, 9.17) is 0 Å². The Kier molecular flexibility index (Phi) is 4.68. The van der Waals surface area contributed by atoms with Crippen molar-refractivity contribution in [1.29, 1.82) is 0 Å². The van der Waals surface area contributed by atoms with Crippen LogP contribution >= 0.6 is 0 Å². The minimum atomic E-state index is -0.00539. The summed E-state index contributed by atoms with van der Waals surface area (Å²) in [6.45, 7) is 10.2. The lowest BCUT2D eigenvalue weighted by Crippen LogP contribution is -2.70. The van der Waals surface area contributed by atoms with Gasteiger partial charge in [0.2, 0.25) is 11.8 Å². The fourth-order valence-electron chi connectivity index (χ4n) is 4.73. The first-order valence-corrected chi connectivity index (χ1v) is 9.19. The van der Waals surface area contributed by atoms with Gasteiger partial charge in [0, 0.05) is 57.1 Å². The van der Waals surface area contributed by atoms with Crippen LogP contribution in [0.3, 0.4) is 0 Å². The molecule has 1 saturated carbocycles. The van der Waals surface area contributed by atoms with Crippen molar-refractivity contribution < 1.29 is 9.59 Å². The van der Waals surface area contributed by atoms with Crippen LogP contribution in [0.25, 0.3) is 0 Å².